The van der Waals surface area contributed by atoms with Crippen LogP contribution in [0.15, 0.2) is 0 Å². The summed E-state index contributed by atoms with van der Waals surface area (Å²) in [5.74, 6) is 0. The van der Waals surface area contributed by atoms with Crippen LogP contribution >= 0.6 is 23.7 Å². The van der Waals surface area contributed by atoms with Crippen LogP contribution in [-0.4, -0.2) is 23.5 Å². The topological polar surface area (TPSA) is 39.9 Å². The lowest BCUT2D eigenvalue weighted by atomic mass is 10.2. The fourth-order valence-electron chi connectivity index (χ4n) is 1.37. The number of nitriles is 1. The summed E-state index contributed by atoms with van der Waals surface area (Å²) in [5, 5.41) is 9.24. The van der Waals surface area contributed by atoms with Gasteiger partial charge >= 0.3 is 0 Å². The maximum Gasteiger partial charge on any atom is 0.194 e. The Bertz CT molecular complexity index is 342. The molecule has 70 valence electrons. The van der Waals surface area contributed by atoms with E-state index < -0.39 is 0 Å². The Kier molecular flexibility index (Phi) is 3.26. The van der Waals surface area contributed by atoms with Crippen LogP contribution < -0.4 is 0 Å². The molecule has 0 aliphatic carbocycles. The van der Waals surface area contributed by atoms with E-state index >= 15 is 0 Å². The summed E-state index contributed by atoms with van der Waals surface area (Å²) in [6, 6.07) is 2.09. The van der Waals surface area contributed by atoms with E-state index in [2.05, 4.69) is 23.0 Å². The Balaban J connectivity index is 0.000000845. The number of hydrogen-bond donors (Lipinski definition) is 0. The molecule has 1 aromatic rings. The van der Waals surface area contributed by atoms with Gasteiger partial charge in [0.2, 0.25) is 0 Å². The van der Waals surface area contributed by atoms with Gasteiger partial charge in [-0.1, -0.05) is 0 Å². The summed E-state index contributed by atoms with van der Waals surface area (Å²) in [5.41, 5.74) is 1.13. The van der Waals surface area contributed by atoms with Gasteiger partial charge in [0.25, 0.3) is 0 Å². The Morgan fingerprint density at radius 2 is 2.38 bits per heavy atom. The minimum Gasteiger partial charge on any atom is -0.301 e. The van der Waals surface area contributed by atoms with Crippen molar-refractivity contribution in [3.05, 3.63) is 15.6 Å². The number of likely N-dealkylation sites (N-methyl/N-ethyl adjacent to an activating group) is 1. The Morgan fingerprint density at radius 3 is 3.08 bits per heavy atom. The van der Waals surface area contributed by atoms with Gasteiger partial charge in [0.1, 0.15) is 6.07 Å². The predicted octanol–water partition coefficient (Wildman–Crippen LogP) is 1.42. The van der Waals surface area contributed by atoms with Gasteiger partial charge in [-0.3, -0.25) is 0 Å². The normalized spacial score (nSPS) is 15.7. The SMILES string of the molecule is CN1CCc2nc(C#N)sc2C1.Cl. The maximum absolute atomic E-state index is 8.64. The highest BCUT2D eigenvalue weighted by molar-refractivity contribution is 7.12. The standard InChI is InChI=1S/C8H9N3S.ClH/c1-11-3-2-6-7(5-11)12-8(4-9)10-6;/h2-3,5H2,1H3;1H. The lowest BCUT2D eigenvalue weighted by molar-refractivity contribution is 0.314. The monoisotopic (exact) mass is 215 g/mol. The minimum absolute atomic E-state index is 0. The lowest BCUT2D eigenvalue weighted by Gasteiger charge is -2.20. The van der Waals surface area contributed by atoms with Crippen molar-refractivity contribution < 1.29 is 0 Å². The molecular formula is C8H10ClN3S. The third kappa shape index (κ3) is 1.99. The van der Waals surface area contributed by atoms with Crippen LogP contribution in [0.25, 0.3) is 0 Å². The van der Waals surface area contributed by atoms with Crippen LogP contribution in [0.4, 0.5) is 0 Å². The molecule has 5 heteroatoms. The van der Waals surface area contributed by atoms with Crippen LogP contribution in [0.1, 0.15) is 15.6 Å². The van der Waals surface area contributed by atoms with Gasteiger partial charge in [0.05, 0.1) is 5.69 Å². The van der Waals surface area contributed by atoms with E-state index in [1.165, 1.54) is 16.2 Å². The first kappa shape index (κ1) is 10.5. The molecule has 1 aromatic heterocycles. The third-order valence-electron chi connectivity index (χ3n) is 2.02. The second kappa shape index (κ2) is 4.05. The van der Waals surface area contributed by atoms with Crippen LogP contribution in [0, 0.1) is 11.3 Å². The molecule has 2 rings (SSSR count). The zero-order valence-electron chi connectivity index (χ0n) is 7.28. The highest BCUT2D eigenvalue weighted by Crippen LogP contribution is 2.23. The fourth-order valence-corrected chi connectivity index (χ4v) is 2.36. The average Bonchev–Trinajstić information content (AvgIpc) is 2.46. The van der Waals surface area contributed by atoms with Gasteiger partial charge in [-0.2, -0.15) is 5.26 Å². The molecule has 0 spiro atoms. The molecular weight excluding hydrogens is 206 g/mol. The summed E-state index contributed by atoms with van der Waals surface area (Å²) < 4.78 is 0. The molecule has 0 saturated heterocycles. The second-order valence-electron chi connectivity index (χ2n) is 2.99. The summed E-state index contributed by atoms with van der Waals surface area (Å²) in [6.45, 7) is 2.01. The molecule has 0 N–H and O–H groups in total. The maximum atomic E-state index is 8.64. The van der Waals surface area contributed by atoms with E-state index in [1.807, 2.05) is 0 Å². The summed E-state index contributed by atoms with van der Waals surface area (Å²) in [6.07, 6.45) is 0.990. The second-order valence-corrected chi connectivity index (χ2v) is 4.07. The molecule has 0 atom stereocenters. The molecule has 0 fully saturated rings. The number of fused-ring (bicyclic) bond motifs is 1. The van der Waals surface area contributed by atoms with E-state index in [0.29, 0.717) is 5.01 Å². The van der Waals surface area contributed by atoms with Gasteiger partial charge in [0, 0.05) is 24.4 Å². The third-order valence-corrected chi connectivity index (χ3v) is 3.00. The number of aromatic nitrogens is 1. The molecule has 3 nitrogen and oxygen atoms in total. The highest BCUT2D eigenvalue weighted by Gasteiger charge is 2.17. The van der Waals surface area contributed by atoms with Crippen molar-refractivity contribution in [2.75, 3.05) is 13.6 Å². The number of halogens is 1. The first-order valence-electron chi connectivity index (χ1n) is 3.87. The van der Waals surface area contributed by atoms with E-state index in [-0.39, 0.29) is 12.4 Å². The number of rotatable bonds is 0. The average molecular weight is 216 g/mol. The first-order chi connectivity index (χ1) is 5.79. The van der Waals surface area contributed by atoms with E-state index in [1.54, 1.807) is 0 Å². The smallest absolute Gasteiger partial charge is 0.194 e. The van der Waals surface area contributed by atoms with Gasteiger partial charge in [0.15, 0.2) is 5.01 Å². The van der Waals surface area contributed by atoms with Gasteiger partial charge < -0.3 is 4.90 Å². The quantitative estimate of drug-likeness (QED) is 0.657. The van der Waals surface area contributed by atoms with Crippen LogP contribution in [0.3, 0.4) is 0 Å². The van der Waals surface area contributed by atoms with E-state index in [0.717, 1.165) is 25.2 Å². The highest BCUT2D eigenvalue weighted by atomic mass is 35.5. The Labute approximate surface area is 87.4 Å². The lowest BCUT2D eigenvalue weighted by Crippen LogP contribution is -2.25. The fraction of sp³-hybridized carbons (Fsp3) is 0.500. The molecule has 0 bridgehead atoms. The van der Waals surface area contributed by atoms with Gasteiger partial charge in [-0.05, 0) is 7.05 Å². The summed E-state index contributed by atoms with van der Waals surface area (Å²) in [4.78, 5) is 7.75. The van der Waals surface area contributed by atoms with Crippen molar-refractivity contribution in [2.45, 2.75) is 13.0 Å². The summed E-state index contributed by atoms with van der Waals surface area (Å²) in [7, 11) is 2.09. The molecule has 0 saturated carbocycles. The summed E-state index contributed by atoms with van der Waals surface area (Å²) >= 11 is 1.53. The Morgan fingerprint density at radius 1 is 1.62 bits per heavy atom. The molecule has 13 heavy (non-hydrogen) atoms. The Hall–Kier alpha value is -0.630. The van der Waals surface area contributed by atoms with Crippen molar-refractivity contribution in [1.29, 1.82) is 5.26 Å². The number of thiazole rings is 1. The van der Waals surface area contributed by atoms with Crippen LogP contribution in [-0.2, 0) is 13.0 Å². The molecule has 0 unspecified atom stereocenters. The zero-order chi connectivity index (χ0) is 8.55. The van der Waals surface area contributed by atoms with Crippen molar-refractivity contribution in [1.82, 2.24) is 9.88 Å². The first-order valence-corrected chi connectivity index (χ1v) is 4.68. The minimum atomic E-state index is 0. The largest absolute Gasteiger partial charge is 0.301 e. The number of nitrogens with zero attached hydrogens (tertiary/aromatic N) is 3. The molecule has 0 aromatic carbocycles. The van der Waals surface area contributed by atoms with Crippen LogP contribution in [0.5, 0.6) is 0 Å². The van der Waals surface area contributed by atoms with Gasteiger partial charge in [-0.15, -0.1) is 23.7 Å². The van der Waals surface area contributed by atoms with Crippen molar-refractivity contribution >= 4 is 23.7 Å². The van der Waals surface area contributed by atoms with Crippen molar-refractivity contribution in [3.63, 3.8) is 0 Å². The van der Waals surface area contributed by atoms with Crippen molar-refractivity contribution in [2.24, 2.45) is 0 Å². The number of hydrogen-bond acceptors (Lipinski definition) is 4. The molecule has 2 heterocycles. The van der Waals surface area contributed by atoms with Crippen molar-refractivity contribution in [3.8, 4) is 6.07 Å². The zero-order valence-corrected chi connectivity index (χ0v) is 8.91. The molecule has 0 amide bonds. The molecule has 1 aliphatic rings. The van der Waals surface area contributed by atoms with Gasteiger partial charge in [-0.25, -0.2) is 4.98 Å². The molecule has 0 radical (unpaired) electrons. The van der Waals surface area contributed by atoms with E-state index in [4.69, 9.17) is 5.26 Å². The van der Waals surface area contributed by atoms with E-state index in [9.17, 15) is 0 Å². The predicted molar refractivity (Wildman–Crippen MR) is 54.1 cm³/mol. The van der Waals surface area contributed by atoms with Crippen LogP contribution in [0.2, 0.25) is 0 Å². The molecule has 1 aliphatic heterocycles.